The third-order valence-electron chi connectivity index (χ3n) is 12.7. The van der Waals surface area contributed by atoms with Crippen molar-refractivity contribution >= 4 is 53.9 Å². The van der Waals surface area contributed by atoms with E-state index in [0.717, 1.165) is 33.0 Å². The highest BCUT2D eigenvalue weighted by atomic mass is 15.0. The topological polar surface area (TPSA) is 38.7 Å². The van der Waals surface area contributed by atoms with Gasteiger partial charge in [-0.2, -0.15) is 0 Å². The van der Waals surface area contributed by atoms with E-state index in [1.54, 1.807) is 0 Å². The first-order valence-corrected chi connectivity index (χ1v) is 20.4. The van der Waals surface area contributed by atoms with E-state index >= 15 is 0 Å². The van der Waals surface area contributed by atoms with Gasteiger partial charge in [0.2, 0.25) is 0 Å². The quantitative estimate of drug-likeness (QED) is 0.168. The Balaban J connectivity index is 1.16. The summed E-state index contributed by atoms with van der Waals surface area (Å²) in [4.78, 5) is 16.3. The van der Waals surface area contributed by atoms with E-state index in [0.29, 0.717) is 17.5 Å². The van der Waals surface area contributed by atoms with Crippen LogP contribution in [0.25, 0.3) is 110 Å². The molecule has 11 aromatic rings. The van der Waals surface area contributed by atoms with E-state index < -0.39 is 0 Å². The monoisotopic (exact) mass is 751 g/mol. The molecule has 1 aliphatic carbocycles. The van der Waals surface area contributed by atoms with Crippen molar-refractivity contribution in [3.05, 3.63) is 199 Å². The van der Waals surface area contributed by atoms with Crippen LogP contribution in [0, 0.1) is 0 Å². The third-order valence-corrected chi connectivity index (χ3v) is 12.7. The average Bonchev–Trinajstić information content (AvgIpc) is 3.54. The molecule has 0 bridgehead atoms. The average molecular weight is 752 g/mol. The maximum Gasteiger partial charge on any atom is 0.165 e. The first-order valence-electron chi connectivity index (χ1n) is 20.4. The van der Waals surface area contributed by atoms with Gasteiger partial charge in [-0.05, 0) is 99.4 Å². The number of aromatic nitrogens is 3. The van der Waals surface area contributed by atoms with Crippen LogP contribution in [0.4, 0.5) is 0 Å². The molecule has 0 fully saturated rings. The molecule has 1 aliphatic rings. The van der Waals surface area contributed by atoms with Gasteiger partial charge in [0, 0.05) is 22.1 Å². The first-order chi connectivity index (χ1) is 29.0. The van der Waals surface area contributed by atoms with Gasteiger partial charge >= 0.3 is 0 Å². The number of hydrogen-bond donors (Lipinski definition) is 0. The van der Waals surface area contributed by atoms with E-state index in [-0.39, 0.29) is 5.41 Å². The Kier molecular flexibility index (Phi) is 7.27. The predicted octanol–water partition coefficient (Wildman–Crippen LogP) is 14.6. The van der Waals surface area contributed by atoms with Crippen LogP contribution in [0.3, 0.4) is 0 Å². The van der Waals surface area contributed by atoms with E-state index in [4.69, 9.17) is 15.0 Å². The number of nitrogens with zero attached hydrogens (tertiary/aromatic N) is 3. The molecule has 1 heterocycles. The molecule has 0 atom stereocenters. The van der Waals surface area contributed by atoms with Crippen molar-refractivity contribution in [1.29, 1.82) is 0 Å². The molecular formula is C56H37N3. The second-order valence-corrected chi connectivity index (χ2v) is 16.4. The lowest BCUT2D eigenvalue weighted by molar-refractivity contribution is 0.662. The summed E-state index contributed by atoms with van der Waals surface area (Å²) in [5, 5.41) is 11.8. The van der Waals surface area contributed by atoms with Gasteiger partial charge in [0.15, 0.2) is 17.5 Å². The fourth-order valence-electron chi connectivity index (χ4n) is 9.84. The number of fused-ring (bicyclic) bond motifs is 10. The van der Waals surface area contributed by atoms with Gasteiger partial charge < -0.3 is 0 Å². The zero-order chi connectivity index (χ0) is 39.2. The molecule has 276 valence electrons. The van der Waals surface area contributed by atoms with E-state index in [9.17, 15) is 0 Å². The van der Waals surface area contributed by atoms with Crippen molar-refractivity contribution in [1.82, 2.24) is 15.0 Å². The summed E-state index contributed by atoms with van der Waals surface area (Å²) >= 11 is 0. The highest BCUT2D eigenvalue weighted by molar-refractivity contribution is 6.10. The Morgan fingerprint density at radius 1 is 0.322 bits per heavy atom. The van der Waals surface area contributed by atoms with Crippen molar-refractivity contribution in [3.8, 4) is 56.4 Å². The molecule has 3 nitrogen and oxygen atoms in total. The van der Waals surface area contributed by atoms with Gasteiger partial charge in [-0.25, -0.2) is 15.0 Å². The summed E-state index contributed by atoms with van der Waals surface area (Å²) in [6.07, 6.45) is 0. The normalized spacial score (nSPS) is 13.1. The second kappa shape index (κ2) is 12.8. The fraction of sp³-hybridized carbons (Fsp3) is 0.0536. The minimum Gasteiger partial charge on any atom is -0.208 e. The molecule has 10 aromatic carbocycles. The minimum atomic E-state index is -0.206. The third kappa shape index (κ3) is 5.18. The summed E-state index contributed by atoms with van der Waals surface area (Å²) in [5.74, 6) is 1.93. The lowest BCUT2D eigenvalue weighted by atomic mass is 9.78. The summed E-state index contributed by atoms with van der Waals surface area (Å²) in [7, 11) is 0. The standard InChI is InChI=1S/C56H37N3/c1-56(2)50-21-10-9-18-44(50)46-19-11-20-47(52(46)56)45-31-30-36-14-5-8-17-43(36)51(45)55-58-53(39-28-26-37-24-22-34-12-3-6-15-41(34)48(37)32-39)57-54(59-55)40-29-27-38-25-23-35-13-4-7-16-42(35)49(38)33-40/h3-33H,1-2H3. The SMILES string of the molecule is CC1(C)c2ccccc2-c2cccc(-c3ccc4ccccc4c3-c3nc(-c4ccc5ccc6ccccc6c5c4)nc(-c4ccc5ccc6ccccc6c5c4)n3)c21. The molecular weight excluding hydrogens is 715 g/mol. The summed E-state index contributed by atoms with van der Waals surface area (Å²) in [5.41, 5.74) is 10.3. The molecule has 0 saturated carbocycles. The Bertz CT molecular complexity index is 3410. The highest BCUT2D eigenvalue weighted by Gasteiger charge is 2.38. The lowest BCUT2D eigenvalue weighted by Gasteiger charge is -2.25. The van der Waals surface area contributed by atoms with Crippen LogP contribution in [-0.2, 0) is 5.41 Å². The van der Waals surface area contributed by atoms with E-state index in [2.05, 4.69) is 202 Å². The molecule has 0 spiro atoms. The number of hydrogen-bond acceptors (Lipinski definition) is 3. The second-order valence-electron chi connectivity index (χ2n) is 16.4. The maximum absolute atomic E-state index is 5.48. The Morgan fingerprint density at radius 3 is 1.36 bits per heavy atom. The summed E-state index contributed by atoms with van der Waals surface area (Å²) in [6, 6.07) is 67.9. The minimum absolute atomic E-state index is 0.206. The zero-order valence-corrected chi connectivity index (χ0v) is 32.7. The molecule has 0 saturated heterocycles. The van der Waals surface area contributed by atoms with Gasteiger partial charge in [0.05, 0.1) is 0 Å². The van der Waals surface area contributed by atoms with Crippen molar-refractivity contribution in [2.75, 3.05) is 0 Å². The first kappa shape index (κ1) is 33.6. The predicted molar refractivity (Wildman–Crippen MR) is 247 cm³/mol. The van der Waals surface area contributed by atoms with Crippen LogP contribution < -0.4 is 0 Å². The van der Waals surface area contributed by atoms with Crippen molar-refractivity contribution in [2.24, 2.45) is 0 Å². The molecule has 0 N–H and O–H groups in total. The Morgan fingerprint density at radius 2 is 0.746 bits per heavy atom. The van der Waals surface area contributed by atoms with Crippen LogP contribution in [0.5, 0.6) is 0 Å². The van der Waals surface area contributed by atoms with Crippen LogP contribution in [-0.4, -0.2) is 15.0 Å². The zero-order valence-electron chi connectivity index (χ0n) is 32.7. The molecule has 0 aliphatic heterocycles. The van der Waals surface area contributed by atoms with Gasteiger partial charge in [-0.1, -0.05) is 190 Å². The van der Waals surface area contributed by atoms with E-state index in [1.165, 1.54) is 70.9 Å². The molecule has 1 aromatic heterocycles. The van der Waals surface area contributed by atoms with Gasteiger partial charge in [-0.3, -0.25) is 0 Å². The van der Waals surface area contributed by atoms with Crippen LogP contribution >= 0.6 is 0 Å². The molecule has 59 heavy (non-hydrogen) atoms. The van der Waals surface area contributed by atoms with Crippen LogP contribution in [0.2, 0.25) is 0 Å². The highest BCUT2D eigenvalue weighted by Crippen LogP contribution is 2.53. The van der Waals surface area contributed by atoms with Crippen LogP contribution in [0.1, 0.15) is 25.0 Å². The lowest BCUT2D eigenvalue weighted by Crippen LogP contribution is -2.16. The fourth-order valence-corrected chi connectivity index (χ4v) is 9.84. The Labute approximate surface area is 342 Å². The summed E-state index contributed by atoms with van der Waals surface area (Å²) in [6.45, 7) is 4.71. The molecule has 3 heteroatoms. The van der Waals surface area contributed by atoms with Crippen molar-refractivity contribution in [2.45, 2.75) is 19.3 Å². The summed E-state index contributed by atoms with van der Waals surface area (Å²) < 4.78 is 0. The van der Waals surface area contributed by atoms with Gasteiger partial charge in [0.25, 0.3) is 0 Å². The van der Waals surface area contributed by atoms with E-state index in [1.807, 2.05) is 0 Å². The van der Waals surface area contributed by atoms with Crippen molar-refractivity contribution in [3.63, 3.8) is 0 Å². The molecule has 0 amide bonds. The smallest absolute Gasteiger partial charge is 0.165 e. The molecule has 0 unspecified atom stereocenters. The number of benzene rings is 10. The van der Waals surface area contributed by atoms with Gasteiger partial charge in [-0.15, -0.1) is 0 Å². The maximum atomic E-state index is 5.48. The van der Waals surface area contributed by atoms with Crippen molar-refractivity contribution < 1.29 is 0 Å². The molecule has 12 rings (SSSR count). The Hall–Kier alpha value is -7.49. The number of rotatable bonds is 4. The largest absolute Gasteiger partial charge is 0.208 e. The molecule has 0 radical (unpaired) electrons. The van der Waals surface area contributed by atoms with Crippen LogP contribution in [0.15, 0.2) is 188 Å². The van der Waals surface area contributed by atoms with Gasteiger partial charge in [0.1, 0.15) is 0 Å².